The first-order valence-electron chi connectivity index (χ1n) is 4.26. The van der Waals surface area contributed by atoms with Gasteiger partial charge in [-0.2, -0.15) is 5.10 Å². The molecule has 1 heterocycles. The number of ether oxygens (including phenoxy) is 1. The molecule has 0 unspecified atom stereocenters. The molecule has 14 heavy (non-hydrogen) atoms. The number of hydrogen-bond acceptors (Lipinski definition) is 4. The van der Waals surface area contributed by atoms with Gasteiger partial charge in [-0.1, -0.05) is 0 Å². The number of carbonyl (C=O) groups is 1. The molecule has 78 valence electrons. The van der Waals surface area contributed by atoms with Crippen LogP contribution in [0.15, 0.2) is 12.3 Å². The van der Waals surface area contributed by atoms with Crippen molar-refractivity contribution in [3.63, 3.8) is 0 Å². The van der Waals surface area contributed by atoms with E-state index in [1.807, 2.05) is 0 Å². The Hall–Kier alpha value is -1.40. The lowest BCUT2D eigenvalue weighted by Gasteiger charge is -2.01. The summed E-state index contributed by atoms with van der Waals surface area (Å²) >= 11 is 0. The predicted molar refractivity (Wildman–Crippen MR) is 48.6 cm³/mol. The molecule has 1 aromatic rings. The molecule has 0 spiro atoms. The van der Waals surface area contributed by atoms with Crippen molar-refractivity contribution < 1.29 is 14.6 Å². The van der Waals surface area contributed by atoms with E-state index in [4.69, 9.17) is 15.6 Å². The van der Waals surface area contributed by atoms with Crippen molar-refractivity contribution in [2.24, 2.45) is 5.73 Å². The highest BCUT2D eigenvalue weighted by atomic mass is 16.5. The lowest BCUT2D eigenvalue weighted by molar-refractivity contribution is 0.0851. The maximum Gasteiger partial charge on any atom is 0.269 e. The molecule has 0 atom stereocenters. The zero-order valence-corrected chi connectivity index (χ0v) is 7.72. The first kappa shape index (κ1) is 10.7. The van der Waals surface area contributed by atoms with Crippen LogP contribution in [-0.4, -0.2) is 40.6 Å². The van der Waals surface area contributed by atoms with Gasteiger partial charge in [0.25, 0.3) is 5.91 Å². The number of nitrogens with zero attached hydrogens (tertiary/aromatic N) is 2. The van der Waals surface area contributed by atoms with Gasteiger partial charge in [-0.25, -0.2) is 0 Å². The second-order valence-corrected chi connectivity index (χ2v) is 2.66. The van der Waals surface area contributed by atoms with Gasteiger partial charge < -0.3 is 15.6 Å². The molecule has 6 heteroatoms. The summed E-state index contributed by atoms with van der Waals surface area (Å²) < 4.78 is 6.60. The van der Waals surface area contributed by atoms with Crippen LogP contribution < -0.4 is 5.73 Å². The van der Waals surface area contributed by atoms with Crippen molar-refractivity contribution in [2.45, 2.75) is 6.54 Å². The van der Waals surface area contributed by atoms with E-state index in [2.05, 4.69) is 5.10 Å². The van der Waals surface area contributed by atoms with Crippen molar-refractivity contribution in [3.8, 4) is 0 Å². The number of nitrogens with two attached hydrogens (primary N) is 1. The summed E-state index contributed by atoms with van der Waals surface area (Å²) in [6.45, 7) is 1.29. The van der Waals surface area contributed by atoms with Gasteiger partial charge in [-0.3, -0.25) is 9.48 Å². The van der Waals surface area contributed by atoms with E-state index in [0.29, 0.717) is 19.8 Å². The largest absolute Gasteiger partial charge is 0.394 e. The average Bonchev–Trinajstić information content (AvgIpc) is 2.61. The van der Waals surface area contributed by atoms with Crippen LogP contribution in [0.3, 0.4) is 0 Å². The lowest BCUT2D eigenvalue weighted by atomic mass is 10.4. The van der Waals surface area contributed by atoms with Crippen LogP contribution in [0.1, 0.15) is 10.5 Å². The normalized spacial score (nSPS) is 10.4. The van der Waals surface area contributed by atoms with E-state index >= 15 is 0 Å². The van der Waals surface area contributed by atoms with Crippen LogP contribution in [0.25, 0.3) is 0 Å². The Kier molecular flexibility index (Phi) is 4.09. The van der Waals surface area contributed by atoms with Crippen LogP contribution in [0, 0.1) is 0 Å². The van der Waals surface area contributed by atoms with Gasteiger partial charge in [-0.05, 0) is 6.07 Å². The molecule has 0 saturated heterocycles. The Morgan fingerprint density at radius 1 is 1.64 bits per heavy atom. The predicted octanol–water partition coefficient (Wildman–Crippen LogP) is -1.01. The van der Waals surface area contributed by atoms with E-state index in [0.717, 1.165) is 0 Å². The molecule has 0 aliphatic carbocycles. The minimum absolute atomic E-state index is 0.00560. The number of hydrogen-bond donors (Lipinski definition) is 2. The van der Waals surface area contributed by atoms with Gasteiger partial charge in [0.05, 0.1) is 26.4 Å². The Morgan fingerprint density at radius 3 is 3.00 bits per heavy atom. The fourth-order valence-corrected chi connectivity index (χ4v) is 0.942. The Balaban J connectivity index is 2.33. The molecule has 0 aromatic carbocycles. The van der Waals surface area contributed by atoms with E-state index < -0.39 is 5.91 Å². The van der Waals surface area contributed by atoms with Crippen LogP contribution in [0.2, 0.25) is 0 Å². The maximum absolute atomic E-state index is 10.7. The maximum atomic E-state index is 10.7. The number of carbonyl (C=O) groups excluding carboxylic acids is 1. The SMILES string of the molecule is NC(=O)c1ccn(CCOCCO)n1. The van der Waals surface area contributed by atoms with E-state index in [-0.39, 0.29) is 12.3 Å². The van der Waals surface area contributed by atoms with E-state index in [1.165, 1.54) is 0 Å². The molecule has 6 nitrogen and oxygen atoms in total. The average molecular weight is 199 g/mol. The highest BCUT2D eigenvalue weighted by molar-refractivity contribution is 5.90. The molecule has 0 aliphatic heterocycles. The van der Waals surface area contributed by atoms with Crippen molar-refractivity contribution >= 4 is 5.91 Å². The zero-order valence-electron chi connectivity index (χ0n) is 7.72. The summed E-state index contributed by atoms with van der Waals surface area (Å²) in [6, 6.07) is 1.55. The Morgan fingerprint density at radius 2 is 2.43 bits per heavy atom. The molecule has 1 rings (SSSR count). The first-order valence-corrected chi connectivity index (χ1v) is 4.26. The number of aliphatic hydroxyl groups excluding tert-OH is 1. The quantitative estimate of drug-likeness (QED) is 0.574. The van der Waals surface area contributed by atoms with Gasteiger partial charge in [0, 0.05) is 6.20 Å². The lowest BCUT2D eigenvalue weighted by Crippen LogP contribution is -2.14. The molecule has 1 aromatic heterocycles. The standard InChI is InChI=1S/C8H13N3O3/c9-8(13)7-1-2-11(10-7)3-5-14-6-4-12/h1-2,12H,3-6H2,(H2,9,13). The van der Waals surface area contributed by atoms with Gasteiger partial charge in [0.2, 0.25) is 0 Å². The van der Waals surface area contributed by atoms with Crippen LogP contribution >= 0.6 is 0 Å². The van der Waals surface area contributed by atoms with Gasteiger partial charge in [-0.15, -0.1) is 0 Å². The topological polar surface area (TPSA) is 90.4 Å². The summed E-state index contributed by atoms with van der Waals surface area (Å²) in [5.74, 6) is -0.542. The van der Waals surface area contributed by atoms with Gasteiger partial charge in [0.1, 0.15) is 5.69 Å². The third kappa shape index (κ3) is 3.15. The minimum Gasteiger partial charge on any atom is -0.394 e. The fraction of sp³-hybridized carbons (Fsp3) is 0.500. The molecule has 0 fully saturated rings. The van der Waals surface area contributed by atoms with Crippen molar-refractivity contribution in [1.82, 2.24) is 9.78 Å². The van der Waals surface area contributed by atoms with Gasteiger partial charge >= 0.3 is 0 Å². The highest BCUT2D eigenvalue weighted by Gasteiger charge is 2.03. The highest BCUT2D eigenvalue weighted by Crippen LogP contribution is 1.94. The van der Waals surface area contributed by atoms with Crippen molar-refractivity contribution in [2.75, 3.05) is 19.8 Å². The molecular weight excluding hydrogens is 186 g/mol. The Labute approximate surface area is 81.3 Å². The number of aliphatic hydroxyl groups is 1. The van der Waals surface area contributed by atoms with E-state index in [1.54, 1.807) is 16.9 Å². The zero-order chi connectivity index (χ0) is 10.4. The molecule has 0 saturated carbocycles. The summed E-state index contributed by atoms with van der Waals surface area (Å²) in [7, 11) is 0. The summed E-state index contributed by atoms with van der Waals surface area (Å²) in [5.41, 5.74) is 5.27. The van der Waals surface area contributed by atoms with Crippen molar-refractivity contribution in [3.05, 3.63) is 18.0 Å². The van der Waals surface area contributed by atoms with Crippen LogP contribution in [0.4, 0.5) is 0 Å². The number of rotatable bonds is 6. The number of primary amides is 1. The molecular formula is C8H13N3O3. The molecule has 1 amide bonds. The minimum atomic E-state index is -0.542. The summed E-state index contributed by atoms with van der Waals surface area (Å²) in [4.78, 5) is 10.7. The van der Waals surface area contributed by atoms with Gasteiger partial charge in [0.15, 0.2) is 0 Å². The van der Waals surface area contributed by atoms with Crippen LogP contribution in [-0.2, 0) is 11.3 Å². The third-order valence-corrected chi connectivity index (χ3v) is 1.59. The second-order valence-electron chi connectivity index (χ2n) is 2.66. The molecule has 0 radical (unpaired) electrons. The Bertz CT molecular complexity index is 298. The molecule has 3 N–H and O–H groups in total. The molecule has 0 aliphatic rings. The summed E-state index contributed by atoms with van der Waals surface area (Å²) in [6.07, 6.45) is 1.66. The summed E-state index contributed by atoms with van der Waals surface area (Å²) in [5, 5.41) is 12.3. The molecule has 0 bridgehead atoms. The smallest absolute Gasteiger partial charge is 0.269 e. The monoisotopic (exact) mass is 199 g/mol. The first-order chi connectivity index (χ1) is 6.74. The fourth-order valence-electron chi connectivity index (χ4n) is 0.942. The van der Waals surface area contributed by atoms with E-state index in [9.17, 15) is 4.79 Å². The second kappa shape index (κ2) is 5.36. The number of aromatic nitrogens is 2. The van der Waals surface area contributed by atoms with Crippen LogP contribution in [0.5, 0.6) is 0 Å². The number of amides is 1. The third-order valence-electron chi connectivity index (χ3n) is 1.59. The van der Waals surface area contributed by atoms with Crippen molar-refractivity contribution in [1.29, 1.82) is 0 Å².